The number of morpholine rings is 1. The highest BCUT2D eigenvalue weighted by molar-refractivity contribution is 7.90. The van der Waals surface area contributed by atoms with E-state index in [-0.39, 0.29) is 11.7 Å². The van der Waals surface area contributed by atoms with Crippen LogP contribution in [0, 0.1) is 0 Å². The lowest BCUT2D eigenvalue weighted by Crippen LogP contribution is -2.36. The Morgan fingerprint density at radius 3 is 2.61 bits per heavy atom. The summed E-state index contributed by atoms with van der Waals surface area (Å²) in [5, 5.41) is 0. The number of ether oxygens (including phenoxy) is 1. The molecule has 0 spiro atoms. The normalized spacial score (nSPS) is 15.1. The number of nitrogens with zero attached hydrogens (tertiary/aromatic N) is 6. The molecule has 0 aliphatic carbocycles. The van der Waals surface area contributed by atoms with Crippen LogP contribution < -0.4 is 10.6 Å². The molecule has 3 aromatic heterocycles. The summed E-state index contributed by atoms with van der Waals surface area (Å²) in [6.45, 7) is 3.93. The van der Waals surface area contributed by atoms with Gasteiger partial charge >= 0.3 is 0 Å². The molecule has 4 heterocycles. The maximum Gasteiger partial charge on any atom is 0.219 e. The summed E-state index contributed by atoms with van der Waals surface area (Å²) < 4.78 is 29.4. The molecular weight excluding hydrogens is 438 g/mol. The first-order valence-corrected chi connectivity index (χ1v) is 12.7. The first-order chi connectivity index (χ1) is 14.8. The van der Waals surface area contributed by atoms with Gasteiger partial charge in [0.2, 0.25) is 5.95 Å². The van der Waals surface area contributed by atoms with E-state index >= 15 is 0 Å². The molecule has 0 aromatic carbocycles. The molecule has 0 unspecified atom stereocenters. The zero-order valence-electron chi connectivity index (χ0n) is 17.5. The number of fused-ring (bicyclic) bond motifs is 1. The first-order valence-electron chi connectivity index (χ1n) is 9.86. The number of rotatable bonds is 7. The lowest BCUT2D eigenvalue weighted by Gasteiger charge is -2.28. The second-order valence-electron chi connectivity index (χ2n) is 7.59. The zero-order chi connectivity index (χ0) is 22.0. The standard InChI is InChI=1S/C19H25N7O3S2/c1-25(5-8-31(2,27)28)12-14-9-15-16(30-14)18(26-3-6-29-7-4-26)24-17(23-15)13-10-21-19(20)22-11-13/h9-11H,3-8,12H2,1-2H3,(H2,20,21,22). The van der Waals surface area contributed by atoms with Crippen molar-refractivity contribution >= 4 is 43.2 Å². The third-order valence-corrected chi connectivity index (χ3v) is 6.94. The average molecular weight is 464 g/mol. The average Bonchev–Trinajstić information content (AvgIpc) is 3.14. The van der Waals surface area contributed by atoms with E-state index in [9.17, 15) is 8.42 Å². The minimum absolute atomic E-state index is 0.133. The van der Waals surface area contributed by atoms with Gasteiger partial charge in [-0.3, -0.25) is 0 Å². The smallest absolute Gasteiger partial charge is 0.219 e. The van der Waals surface area contributed by atoms with E-state index < -0.39 is 9.84 Å². The van der Waals surface area contributed by atoms with Crippen LogP contribution in [0.25, 0.3) is 21.6 Å². The van der Waals surface area contributed by atoms with Crippen LogP contribution >= 0.6 is 11.3 Å². The third kappa shape index (κ3) is 5.45. The molecule has 12 heteroatoms. The van der Waals surface area contributed by atoms with Gasteiger partial charge in [0.15, 0.2) is 11.6 Å². The second kappa shape index (κ2) is 8.99. The monoisotopic (exact) mass is 463 g/mol. The van der Waals surface area contributed by atoms with Gasteiger partial charge in [0.1, 0.15) is 9.84 Å². The molecule has 0 radical (unpaired) electrons. The fourth-order valence-corrected chi connectivity index (χ4v) is 5.12. The van der Waals surface area contributed by atoms with E-state index in [1.54, 1.807) is 23.7 Å². The van der Waals surface area contributed by atoms with E-state index in [2.05, 4.69) is 14.9 Å². The van der Waals surface area contributed by atoms with E-state index in [1.165, 1.54) is 6.26 Å². The molecular formula is C19H25N7O3S2. The maximum absolute atomic E-state index is 11.5. The zero-order valence-corrected chi connectivity index (χ0v) is 19.1. The maximum atomic E-state index is 11.5. The lowest BCUT2D eigenvalue weighted by molar-refractivity contribution is 0.122. The van der Waals surface area contributed by atoms with Crippen LogP contribution in [0.3, 0.4) is 0 Å². The van der Waals surface area contributed by atoms with Gasteiger partial charge in [-0.15, -0.1) is 11.3 Å². The second-order valence-corrected chi connectivity index (χ2v) is 11.0. The van der Waals surface area contributed by atoms with Gasteiger partial charge in [-0.25, -0.2) is 28.4 Å². The molecule has 31 heavy (non-hydrogen) atoms. The first kappa shape index (κ1) is 21.8. The fraction of sp³-hybridized carbons (Fsp3) is 0.474. The number of nitrogens with two attached hydrogens (primary N) is 1. The molecule has 0 bridgehead atoms. The minimum Gasteiger partial charge on any atom is -0.378 e. The third-order valence-electron chi connectivity index (χ3n) is 4.91. The Morgan fingerprint density at radius 1 is 1.23 bits per heavy atom. The molecule has 166 valence electrons. The summed E-state index contributed by atoms with van der Waals surface area (Å²) in [5.41, 5.74) is 7.16. The SMILES string of the molecule is CN(CCS(C)(=O)=O)Cc1cc2nc(-c3cnc(N)nc3)nc(N3CCOCC3)c2s1. The number of hydrogen-bond donors (Lipinski definition) is 1. The van der Waals surface area contributed by atoms with Gasteiger partial charge in [0.05, 0.1) is 34.7 Å². The Morgan fingerprint density at radius 2 is 1.94 bits per heavy atom. The molecule has 1 saturated heterocycles. The van der Waals surface area contributed by atoms with Crippen LogP contribution in [0.1, 0.15) is 4.88 Å². The van der Waals surface area contributed by atoms with Gasteiger partial charge in [-0.1, -0.05) is 0 Å². The van der Waals surface area contributed by atoms with Crippen molar-refractivity contribution in [2.75, 3.05) is 62.5 Å². The van der Waals surface area contributed by atoms with Crippen molar-refractivity contribution in [1.82, 2.24) is 24.8 Å². The van der Waals surface area contributed by atoms with E-state index in [0.717, 1.165) is 34.0 Å². The number of thiophene rings is 1. The molecule has 1 aliphatic heterocycles. The highest BCUT2D eigenvalue weighted by Crippen LogP contribution is 2.34. The number of aromatic nitrogens is 4. The minimum atomic E-state index is -3.00. The summed E-state index contributed by atoms with van der Waals surface area (Å²) >= 11 is 1.64. The molecule has 0 saturated carbocycles. The number of hydrogen-bond acceptors (Lipinski definition) is 11. The number of sulfone groups is 1. The summed E-state index contributed by atoms with van der Waals surface area (Å²) in [6, 6.07) is 2.05. The molecule has 2 N–H and O–H groups in total. The summed E-state index contributed by atoms with van der Waals surface area (Å²) in [4.78, 5) is 23.0. The van der Waals surface area contributed by atoms with E-state index in [4.69, 9.17) is 20.4 Å². The predicted octanol–water partition coefficient (Wildman–Crippen LogP) is 1.04. The van der Waals surface area contributed by atoms with E-state index in [1.807, 2.05) is 18.0 Å². The van der Waals surface area contributed by atoms with Crippen LogP contribution in [0.2, 0.25) is 0 Å². The van der Waals surface area contributed by atoms with Crippen LogP contribution in [-0.4, -0.2) is 85.2 Å². The number of anilines is 2. The van der Waals surface area contributed by atoms with Crippen LogP contribution in [0.15, 0.2) is 18.5 Å². The van der Waals surface area contributed by atoms with Crippen molar-refractivity contribution in [1.29, 1.82) is 0 Å². The van der Waals surface area contributed by atoms with Gasteiger partial charge < -0.3 is 20.3 Å². The Balaban J connectivity index is 1.68. The topological polar surface area (TPSA) is 127 Å². The quantitative estimate of drug-likeness (QED) is 0.543. The Hall–Kier alpha value is -2.41. The van der Waals surface area contributed by atoms with Crippen molar-refractivity contribution in [2.24, 2.45) is 0 Å². The largest absolute Gasteiger partial charge is 0.378 e. The van der Waals surface area contributed by atoms with Gasteiger partial charge in [0, 0.05) is 49.7 Å². The van der Waals surface area contributed by atoms with Crippen LogP contribution in [0.5, 0.6) is 0 Å². The Bertz CT molecular complexity index is 1160. The molecule has 4 rings (SSSR count). The van der Waals surface area contributed by atoms with Crippen LogP contribution in [-0.2, 0) is 21.1 Å². The van der Waals surface area contributed by atoms with Crippen molar-refractivity contribution in [2.45, 2.75) is 6.54 Å². The molecule has 1 fully saturated rings. The van der Waals surface area contributed by atoms with Crippen LogP contribution in [0.4, 0.5) is 11.8 Å². The fourth-order valence-electron chi connectivity index (χ4n) is 3.28. The highest BCUT2D eigenvalue weighted by Gasteiger charge is 2.21. The van der Waals surface area contributed by atoms with Crippen molar-refractivity contribution in [3.63, 3.8) is 0 Å². The van der Waals surface area contributed by atoms with Crippen molar-refractivity contribution in [3.05, 3.63) is 23.3 Å². The van der Waals surface area contributed by atoms with Crippen molar-refractivity contribution < 1.29 is 13.2 Å². The molecule has 1 aliphatic rings. The summed E-state index contributed by atoms with van der Waals surface area (Å²) in [6.07, 6.45) is 4.50. The van der Waals surface area contributed by atoms with Crippen molar-refractivity contribution in [3.8, 4) is 11.4 Å². The summed E-state index contributed by atoms with van der Waals surface area (Å²) in [7, 11) is -1.08. The van der Waals surface area contributed by atoms with Gasteiger partial charge in [0.25, 0.3) is 0 Å². The van der Waals surface area contributed by atoms with Gasteiger partial charge in [-0.2, -0.15) is 0 Å². The number of nitrogen functional groups attached to an aromatic ring is 1. The molecule has 10 nitrogen and oxygen atoms in total. The Kier molecular flexibility index (Phi) is 6.32. The lowest BCUT2D eigenvalue weighted by atomic mass is 10.3. The Labute approximate surface area is 185 Å². The predicted molar refractivity (Wildman–Crippen MR) is 122 cm³/mol. The summed E-state index contributed by atoms with van der Waals surface area (Å²) in [5.74, 6) is 1.75. The van der Waals surface area contributed by atoms with E-state index in [0.29, 0.717) is 37.7 Å². The van der Waals surface area contributed by atoms with Gasteiger partial charge in [-0.05, 0) is 13.1 Å². The molecule has 0 amide bonds. The molecule has 0 atom stereocenters. The molecule has 3 aromatic rings. The highest BCUT2D eigenvalue weighted by atomic mass is 32.2.